The maximum Gasteiger partial charge on any atom is 0.407 e. The number of alkyl carbamates (subject to hydrolysis) is 1. The number of nitrogens with one attached hydrogen (secondary N) is 1. The van der Waals surface area contributed by atoms with Gasteiger partial charge in [0, 0.05) is 32.0 Å². The lowest BCUT2D eigenvalue weighted by molar-refractivity contribution is -0.140. The van der Waals surface area contributed by atoms with Crippen molar-refractivity contribution in [1.82, 2.24) is 10.2 Å². The molecular formula is C28H34N2O5. The van der Waals surface area contributed by atoms with Crippen LogP contribution in [0.1, 0.15) is 56.1 Å². The number of rotatable bonds is 11. The van der Waals surface area contributed by atoms with Gasteiger partial charge in [0.05, 0.1) is 5.92 Å². The summed E-state index contributed by atoms with van der Waals surface area (Å²) in [6.45, 7) is 3.30. The summed E-state index contributed by atoms with van der Waals surface area (Å²) in [5.41, 5.74) is 4.67. The monoisotopic (exact) mass is 478 g/mol. The average molecular weight is 479 g/mol. The predicted octanol–water partition coefficient (Wildman–Crippen LogP) is 4.65. The van der Waals surface area contributed by atoms with E-state index in [-0.39, 0.29) is 43.2 Å². The average Bonchev–Trinajstić information content (AvgIpc) is 3.15. The first-order valence-corrected chi connectivity index (χ1v) is 12.6. The Morgan fingerprint density at radius 3 is 2.23 bits per heavy atom. The molecule has 2 aliphatic carbocycles. The molecule has 2 aromatic carbocycles. The van der Waals surface area contributed by atoms with E-state index in [4.69, 9.17) is 9.84 Å². The van der Waals surface area contributed by atoms with Crippen molar-refractivity contribution in [3.05, 3.63) is 59.7 Å². The molecule has 7 nitrogen and oxygen atoms in total. The number of benzene rings is 2. The maximum atomic E-state index is 13.2. The number of aliphatic carboxylic acids is 1. The third-order valence-corrected chi connectivity index (χ3v) is 7.36. The Labute approximate surface area is 206 Å². The second-order valence-corrected chi connectivity index (χ2v) is 9.42. The molecule has 0 bridgehead atoms. The minimum absolute atomic E-state index is 0.0120. The van der Waals surface area contributed by atoms with Crippen molar-refractivity contribution in [3.8, 4) is 11.1 Å². The van der Waals surface area contributed by atoms with Crippen molar-refractivity contribution in [2.24, 2.45) is 11.8 Å². The zero-order valence-electron chi connectivity index (χ0n) is 20.2. The van der Waals surface area contributed by atoms with Crippen LogP contribution in [-0.4, -0.2) is 54.2 Å². The molecule has 0 spiro atoms. The van der Waals surface area contributed by atoms with Gasteiger partial charge in [-0.25, -0.2) is 4.79 Å². The first-order valence-electron chi connectivity index (χ1n) is 12.6. The number of fused-ring (bicyclic) bond motifs is 3. The van der Waals surface area contributed by atoms with Crippen molar-refractivity contribution in [2.45, 2.75) is 44.9 Å². The second kappa shape index (κ2) is 11.4. The molecule has 1 fully saturated rings. The minimum atomic E-state index is -0.860. The van der Waals surface area contributed by atoms with Crippen LogP contribution in [0.2, 0.25) is 0 Å². The Balaban J connectivity index is 1.34. The van der Waals surface area contributed by atoms with Crippen molar-refractivity contribution in [2.75, 3.05) is 26.2 Å². The number of hydrogen-bond donors (Lipinski definition) is 2. The quantitative estimate of drug-likeness (QED) is 0.490. The SMILES string of the molecule is CCN(CCCC(=O)O)C(=O)C(CNC(=O)OCC1c2ccccc2-c2ccccc21)C1CCC1. The van der Waals surface area contributed by atoms with Gasteiger partial charge in [-0.1, -0.05) is 55.0 Å². The van der Waals surface area contributed by atoms with E-state index in [1.54, 1.807) is 4.90 Å². The molecule has 4 rings (SSSR count). The first-order chi connectivity index (χ1) is 17.0. The lowest BCUT2D eigenvalue weighted by Crippen LogP contribution is -2.46. The lowest BCUT2D eigenvalue weighted by Gasteiger charge is -2.36. The molecule has 0 aromatic heterocycles. The van der Waals surface area contributed by atoms with E-state index >= 15 is 0 Å². The number of nitrogens with zero attached hydrogens (tertiary/aromatic N) is 1. The Kier molecular flexibility index (Phi) is 8.06. The van der Waals surface area contributed by atoms with Crippen LogP contribution in [0.4, 0.5) is 4.79 Å². The zero-order chi connectivity index (χ0) is 24.8. The lowest BCUT2D eigenvalue weighted by atomic mass is 9.75. The summed E-state index contributed by atoms with van der Waals surface area (Å²) in [6, 6.07) is 16.4. The first kappa shape index (κ1) is 24.8. The Bertz CT molecular complexity index is 1020. The number of amides is 2. The smallest absolute Gasteiger partial charge is 0.407 e. The van der Waals surface area contributed by atoms with Gasteiger partial charge in [0.2, 0.25) is 5.91 Å². The Hall–Kier alpha value is -3.35. The van der Waals surface area contributed by atoms with Gasteiger partial charge in [0.1, 0.15) is 6.61 Å². The number of carbonyl (C=O) groups is 3. The molecule has 0 saturated heterocycles. The number of carboxylic acid groups (broad SMARTS) is 1. The Morgan fingerprint density at radius 1 is 1.06 bits per heavy atom. The van der Waals surface area contributed by atoms with Crippen molar-refractivity contribution < 1.29 is 24.2 Å². The van der Waals surface area contributed by atoms with Crippen molar-refractivity contribution in [1.29, 1.82) is 0 Å². The molecule has 1 atom stereocenters. The van der Waals surface area contributed by atoms with Gasteiger partial charge >= 0.3 is 12.1 Å². The molecule has 2 aliphatic rings. The summed E-state index contributed by atoms with van der Waals surface area (Å²) in [4.78, 5) is 38.4. The minimum Gasteiger partial charge on any atom is -0.481 e. The highest BCUT2D eigenvalue weighted by Gasteiger charge is 2.35. The number of carbonyl (C=O) groups excluding carboxylic acids is 2. The van der Waals surface area contributed by atoms with Crippen LogP contribution in [0.5, 0.6) is 0 Å². The van der Waals surface area contributed by atoms with E-state index < -0.39 is 12.1 Å². The fourth-order valence-electron chi connectivity index (χ4n) is 5.22. The summed E-state index contributed by atoms with van der Waals surface area (Å²) >= 11 is 0. The van der Waals surface area contributed by atoms with Crippen LogP contribution in [0.3, 0.4) is 0 Å². The fourth-order valence-corrected chi connectivity index (χ4v) is 5.22. The van der Waals surface area contributed by atoms with E-state index in [0.717, 1.165) is 30.4 Å². The van der Waals surface area contributed by atoms with E-state index in [9.17, 15) is 14.4 Å². The molecule has 0 aliphatic heterocycles. The molecule has 7 heteroatoms. The maximum absolute atomic E-state index is 13.2. The Morgan fingerprint density at radius 2 is 1.69 bits per heavy atom. The molecular weight excluding hydrogens is 444 g/mol. The number of ether oxygens (including phenoxy) is 1. The molecule has 1 unspecified atom stereocenters. The van der Waals surface area contributed by atoms with E-state index in [1.165, 1.54) is 11.1 Å². The summed E-state index contributed by atoms with van der Waals surface area (Å²) in [5, 5.41) is 11.7. The van der Waals surface area contributed by atoms with Gasteiger partial charge in [0.15, 0.2) is 0 Å². The normalized spacial score (nSPS) is 15.5. The summed E-state index contributed by atoms with van der Waals surface area (Å²) in [6.07, 6.45) is 2.97. The summed E-state index contributed by atoms with van der Waals surface area (Å²) in [7, 11) is 0. The summed E-state index contributed by atoms with van der Waals surface area (Å²) < 4.78 is 5.64. The molecule has 2 N–H and O–H groups in total. The van der Waals surface area contributed by atoms with Gasteiger partial charge in [-0.2, -0.15) is 0 Å². The largest absolute Gasteiger partial charge is 0.481 e. The molecule has 2 aromatic rings. The van der Waals surface area contributed by atoms with Gasteiger partial charge in [-0.3, -0.25) is 9.59 Å². The van der Waals surface area contributed by atoms with Crippen LogP contribution in [0.25, 0.3) is 11.1 Å². The van der Waals surface area contributed by atoms with Gasteiger partial charge in [-0.15, -0.1) is 0 Å². The molecule has 186 valence electrons. The zero-order valence-corrected chi connectivity index (χ0v) is 20.2. The predicted molar refractivity (Wildman–Crippen MR) is 133 cm³/mol. The number of hydrogen-bond acceptors (Lipinski definition) is 4. The summed E-state index contributed by atoms with van der Waals surface area (Å²) in [5.74, 6) is -0.955. The van der Waals surface area contributed by atoms with E-state index in [1.807, 2.05) is 31.2 Å². The van der Waals surface area contributed by atoms with Gasteiger partial charge in [-0.05, 0) is 54.4 Å². The molecule has 2 amide bonds. The highest BCUT2D eigenvalue weighted by atomic mass is 16.5. The van der Waals surface area contributed by atoms with Crippen molar-refractivity contribution >= 4 is 18.0 Å². The topological polar surface area (TPSA) is 95.9 Å². The van der Waals surface area contributed by atoms with Gasteiger partial charge in [0.25, 0.3) is 0 Å². The molecule has 0 radical (unpaired) electrons. The second-order valence-electron chi connectivity index (χ2n) is 9.42. The van der Waals surface area contributed by atoms with Crippen LogP contribution >= 0.6 is 0 Å². The van der Waals surface area contributed by atoms with E-state index in [0.29, 0.717) is 19.5 Å². The fraction of sp³-hybridized carbons (Fsp3) is 0.464. The van der Waals surface area contributed by atoms with Crippen LogP contribution in [-0.2, 0) is 14.3 Å². The van der Waals surface area contributed by atoms with Crippen LogP contribution in [0, 0.1) is 11.8 Å². The number of carboxylic acids is 1. The standard InChI is InChI=1S/C28H34N2O5/c1-2-30(16-8-15-26(31)32)27(33)24(19-9-7-10-19)17-29-28(34)35-18-25-22-13-5-3-11-20(22)21-12-4-6-14-23(21)25/h3-6,11-14,19,24-25H,2,7-10,15-18H2,1H3,(H,29,34)(H,31,32). The highest BCUT2D eigenvalue weighted by Crippen LogP contribution is 2.44. The van der Waals surface area contributed by atoms with Crippen LogP contribution < -0.4 is 5.32 Å². The van der Waals surface area contributed by atoms with E-state index in [2.05, 4.69) is 29.6 Å². The molecule has 35 heavy (non-hydrogen) atoms. The highest BCUT2D eigenvalue weighted by molar-refractivity contribution is 5.81. The third-order valence-electron chi connectivity index (χ3n) is 7.36. The van der Waals surface area contributed by atoms with Crippen LogP contribution in [0.15, 0.2) is 48.5 Å². The molecule has 1 saturated carbocycles. The third kappa shape index (κ3) is 5.66. The van der Waals surface area contributed by atoms with Crippen molar-refractivity contribution in [3.63, 3.8) is 0 Å². The van der Waals surface area contributed by atoms with Gasteiger partial charge < -0.3 is 20.1 Å². The molecule has 0 heterocycles.